The first-order valence-corrected chi connectivity index (χ1v) is 5.41. The van der Waals surface area contributed by atoms with E-state index in [0.29, 0.717) is 0 Å². The lowest BCUT2D eigenvalue weighted by Gasteiger charge is -2.35. The third-order valence-corrected chi connectivity index (χ3v) is 2.69. The fourth-order valence-corrected chi connectivity index (χ4v) is 1.66. The zero-order valence-corrected chi connectivity index (χ0v) is 10.8. The second-order valence-corrected chi connectivity index (χ2v) is 3.51. The number of hydrogen-bond acceptors (Lipinski definition) is 3. The molecule has 0 saturated carbocycles. The molecule has 0 fully saturated rings. The highest BCUT2D eigenvalue weighted by molar-refractivity contribution is 5.75. The average Bonchev–Trinajstić information content (AvgIpc) is 2.68. The van der Waals surface area contributed by atoms with E-state index in [1.165, 1.54) is 0 Å². The Balaban J connectivity index is 0.000000606. The van der Waals surface area contributed by atoms with Crippen molar-refractivity contribution in [1.29, 1.82) is 0 Å². The molecule has 0 radical (unpaired) electrons. The molecule has 1 aliphatic rings. The van der Waals surface area contributed by atoms with Gasteiger partial charge in [0.25, 0.3) is 0 Å². The van der Waals surface area contributed by atoms with Crippen LogP contribution in [0.25, 0.3) is 5.70 Å². The van der Waals surface area contributed by atoms with Crippen molar-refractivity contribution >= 4 is 11.5 Å². The second kappa shape index (κ2) is 4.43. The van der Waals surface area contributed by atoms with Crippen molar-refractivity contribution in [2.45, 2.75) is 13.8 Å². The van der Waals surface area contributed by atoms with E-state index in [9.17, 15) is 0 Å². The van der Waals surface area contributed by atoms with Gasteiger partial charge in [0.15, 0.2) is 5.82 Å². The summed E-state index contributed by atoms with van der Waals surface area (Å²) in [6, 6.07) is 0. The Hall–Kier alpha value is -1.71. The molecule has 0 unspecified atom stereocenters. The quantitative estimate of drug-likeness (QED) is 0.670. The molecular formula is C12H20N4. The van der Waals surface area contributed by atoms with Gasteiger partial charge in [-0.2, -0.15) is 0 Å². The van der Waals surface area contributed by atoms with Crippen molar-refractivity contribution in [1.82, 2.24) is 14.5 Å². The molecule has 88 valence electrons. The van der Waals surface area contributed by atoms with Crippen LogP contribution in [0, 0.1) is 0 Å². The lowest BCUT2D eigenvalue weighted by Crippen LogP contribution is -2.34. The van der Waals surface area contributed by atoms with Gasteiger partial charge in [-0.05, 0) is 0 Å². The van der Waals surface area contributed by atoms with Crippen LogP contribution in [-0.2, 0) is 7.05 Å². The van der Waals surface area contributed by atoms with Gasteiger partial charge >= 0.3 is 0 Å². The van der Waals surface area contributed by atoms with Crippen LogP contribution in [0.1, 0.15) is 19.5 Å². The van der Waals surface area contributed by atoms with Crippen LogP contribution < -0.4 is 4.90 Å². The van der Waals surface area contributed by atoms with Gasteiger partial charge in [0.2, 0.25) is 0 Å². The normalized spacial score (nSPS) is 14.6. The number of rotatable bonds is 0. The van der Waals surface area contributed by atoms with E-state index >= 15 is 0 Å². The van der Waals surface area contributed by atoms with Gasteiger partial charge in [0.1, 0.15) is 11.5 Å². The summed E-state index contributed by atoms with van der Waals surface area (Å²) in [5.74, 6) is 1.81. The topological polar surface area (TPSA) is 24.3 Å². The van der Waals surface area contributed by atoms with Crippen LogP contribution in [0.5, 0.6) is 0 Å². The minimum atomic E-state index is 0.890. The molecule has 0 bridgehead atoms. The molecule has 1 aromatic rings. The number of anilines is 1. The molecule has 0 spiro atoms. The summed E-state index contributed by atoms with van der Waals surface area (Å²) in [5.41, 5.74) is 1.98. The van der Waals surface area contributed by atoms with Crippen LogP contribution >= 0.6 is 0 Å². The Morgan fingerprint density at radius 3 is 2.19 bits per heavy atom. The second-order valence-electron chi connectivity index (χ2n) is 3.51. The first-order chi connectivity index (χ1) is 7.54. The molecule has 4 nitrogen and oxygen atoms in total. The third-order valence-electron chi connectivity index (χ3n) is 2.69. The zero-order chi connectivity index (χ0) is 12.5. The van der Waals surface area contributed by atoms with E-state index in [1.54, 1.807) is 6.33 Å². The first-order valence-electron chi connectivity index (χ1n) is 5.41. The predicted molar refractivity (Wildman–Crippen MR) is 68.9 cm³/mol. The Kier molecular flexibility index (Phi) is 3.42. The molecule has 0 N–H and O–H groups in total. The highest BCUT2D eigenvalue weighted by Crippen LogP contribution is 2.34. The van der Waals surface area contributed by atoms with E-state index < -0.39 is 0 Å². The summed E-state index contributed by atoms with van der Waals surface area (Å²) in [4.78, 5) is 8.24. The van der Waals surface area contributed by atoms with E-state index in [1.807, 2.05) is 49.4 Å². The van der Waals surface area contributed by atoms with Gasteiger partial charge in [0.05, 0.1) is 12.0 Å². The third kappa shape index (κ3) is 1.60. The number of imidazole rings is 1. The fourth-order valence-electron chi connectivity index (χ4n) is 1.66. The van der Waals surface area contributed by atoms with Crippen molar-refractivity contribution in [3.8, 4) is 0 Å². The standard InChI is InChI=1S/C10H14N4.C2H6/c1-7-9-10(11-6-12(9)3)14(5)8(2)13(7)4;1-2/h6H,1-2H2,3-5H3;1-2H3. The number of nitrogens with zero attached hydrogens (tertiary/aromatic N) is 4. The summed E-state index contributed by atoms with van der Waals surface area (Å²) >= 11 is 0. The van der Waals surface area contributed by atoms with Crippen molar-refractivity contribution in [2.75, 3.05) is 19.0 Å². The smallest absolute Gasteiger partial charge is 0.161 e. The Bertz CT molecular complexity index is 417. The molecule has 1 aliphatic heterocycles. The summed E-state index contributed by atoms with van der Waals surface area (Å²) < 4.78 is 1.97. The van der Waals surface area contributed by atoms with Gasteiger partial charge in [-0.3, -0.25) is 0 Å². The minimum Gasteiger partial charge on any atom is -0.331 e. The Labute approximate surface area is 97.5 Å². The van der Waals surface area contributed by atoms with E-state index in [-0.39, 0.29) is 0 Å². The van der Waals surface area contributed by atoms with Crippen LogP contribution in [0.3, 0.4) is 0 Å². The predicted octanol–water partition coefficient (Wildman–Crippen LogP) is 2.27. The van der Waals surface area contributed by atoms with E-state index in [4.69, 9.17) is 0 Å². The van der Waals surface area contributed by atoms with Crippen LogP contribution in [0.2, 0.25) is 0 Å². The van der Waals surface area contributed by atoms with Gasteiger partial charge < -0.3 is 14.4 Å². The molecule has 0 saturated heterocycles. The van der Waals surface area contributed by atoms with Gasteiger partial charge in [-0.15, -0.1) is 0 Å². The average molecular weight is 220 g/mol. The lowest BCUT2D eigenvalue weighted by molar-refractivity contribution is 0.557. The molecule has 16 heavy (non-hydrogen) atoms. The molecule has 2 heterocycles. The zero-order valence-electron chi connectivity index (χ0n) is 10.8. The maximum absolute atomic E-state index is 4.31. The highest BCUT2D eigenvalue weighted by atomic mass is 15.4. The van der Waals surface area contributed by atoms with Crippen molar-refractivity contribution in [3.05, 3.63) is 31.0 Å². The van der Waals surface area contributed by atoms with Gasteiger partial charge in [-0.1, -0.05) is 27.0 Å². The summed E-state index contributed by atoms with van der Waals surface area (Å²) in [5, 5.41) is 0. The number of aryl methyl sites for hydroxylation is 1. The highest BCUT2D eigenvalue weighted by Gasteiger charge is 2.27. The van der Waals surface area contributed by atoms with E-state index in [2.05, 4.69) is 18.1 Å². The van der Waals surface area contributed by atoms with Gasteiger partial charge in [0, 0.05) is 21.1 Å². The number of fused-ring (bicyclic) bond motifs is 1. The number of hydrogen-bond donors (Lipinski definition) is 0. The van der Waals surface area contributed by atoms with Gasteiger partial charge in [-0.25, -0.2) is 4.98 Å². The van der Waals surface area contributed by atoms with Crippen LogP contribution in [0.15, 0.2) is 25.3 Å². The molecule has 0 aromatic carbocycles. The van der Waals surface area contributed by atoms with Crippen molar-refractivity contribution in [3.63, 3.8) is 0 Å². The maximum Gasteiger partial charge on any atom is 0.161 e. The van der Waals surface area contributed by atoms with Crippen LogP contribution in [-0.4, -0.2) is 28.5 Å². The molecular weight excluding hydrogens is 200 g/mol. The maximum atomic E-state index is 4.31. The largest absolute Gasteiger partial charge is 0.331 e. The van der Waals surface area contributed by atoms with Crippen molar-refractivity contribution < 1.29 is 0 Å². The molecule has 1 aromatic heterocycles. The SMILES string of the molecule is C=C1c2c(ncn2C)N(C)C(=C)N1C.CC. The lowest BCUT2D eigenvalue weighted by atomic mass is 10.2. The molecule has 0 aliphatic carbocycles. The first kappa shape index (κ1) is 12.4. The molecule has 2 rings (SSSR count). The molecule has 0 amide bonds. The van der Waals surface area contributed by atoms with E-state index in [0.717, 1.165) is 23.0 Å². The summed E-state index contributed by atoms with van der Waals surface area (Å²) in [6.45, 7) is 12.0. The number of aromatic nitrogens is 2. The van der Waals surface area contributed by atoms with Crippen LogP contribution in [0.4, 0.5) is 5.82 Å². The summed E-state index contributed by atoms with van der Waals surface area (Å²) in [7, 11) is 5.88. The fraction of sp³-hybridized carbons (Fsp3) is 0.417. The minimum absolute atomic E-state index is 0.890. The monoisotopic (exact) mass is 220 g/mol. The Morgan fingerprint density at radius 1 is 1.06 bits per heavy atom. The van der Waals surface area contributed by atoms with Crippen molar-refractivity contribution in [2.24, 2.45) is 7.05 Å². The molecule has 4 heteroatoms. The molecule has 0 atom stereocenters. The summed E-state index contributed by atoms with van der Waals surface area (Å²) in [6.07, 6.45) is 1.79. The Morgan fingerprint density at radius 2 is 1.62 bits per heavy atom.